The van der Waals surface area contributed by atoms with E-state index in [1.54, 1.807) is 0 Å². The number of carbonyl (C=O) groups is 1. The van der Waals surface area contributed by atoms with Gasteiger partial charge in [0.25, 0.3) is 5.91 Å². The highest BCUT2D eigenvalue weighted by molar-refractivity contribution is 6.33. The molecule has 0 spiro atoms. The fourth-order valence-corrected chi connectivity index (χ4v) is 2.08. The average molecular weight is 329 g/mol. The molecule has 0 atom stereocenters. The van der Waals surface area contributed by atoms with E-state index in [1.165, 1.54) is 30.3 Å². The van der Waals surface area contributed by atoms with E-state index in [9.17, 15) is 19.3 Å². The van der Waals surface area contributed by atoms with Gasteiger partial charge in [0.2, 0.25) is 0 Å². The highest BCUT2D eigenvalue weighted by Crippen LogP contribution is 2.29. The lowest BCUT2D eigenvalue weighted by molar-refractivity contribution is -0.385. The van der Waals surface area contributed by atoms with Crippen LogP contribution in [0.25, 0.3) is 0 Å². The molecular formula is C13H7Cl2FN2O3. The van der Waals surface area contributed by atoms with Crippen LogP contribution in [0.5, 0.6) is 0 Å². The molecule has 0 bridgehead atoms. The summed E-state index contributed by atoms with van der Waals surface area (Å²) >= 11 is 11.4. The Kier molecular flexibility index (Phi) is 4.40. The molecule has 0 fully saturated rings. The fourth-order valence-electron chi connectivity index (χ4n) is 1.67. The minimum Gasteiger partial charge on any atom is -0.319 e. The summed E-state index contributed by atoms with van der Waals surface area (Å²) < 4.78 is 13.6. The van der Waals surface area contributed by atoms with E-state index in [2.05, 4.69) is 5.32 Å². The van der Waals surface area contributed by atoms with E-state index >= 15 is 0 Å². The van der Waals surface area contributed by atoms with Crippen LogP contribution >= 0.6 is 23.2 Å². The Bertz CT molecular complexity index is 737. The molecule has 1 amide bonds. The maximum Gasteiger partial charge on any atom is 0.300 e. The normalized spacial score (nSPS) is 10.2. The molecule has 0 radical (unpaired) electrons. The number of benzene rings is 2. The highest BCUT2D eigenvalue weighted by Gasteiger charge is 2.24. The second-order valence-electron chi connectivity index (χ2n) is 3.97. The predicted octanol–water partition coefficient (Wildman–Crippen LogP) is 4.29. The fraction of sp³-hybridized carbons (Fsp3) is 0. The van der Waals surface area contributed by atoms with Gasteiger partial charge in [0.15, 0.2) is 0 Å². The predicted molar refractivity (Wildman–Crippen MR) is 77.5 cm³/mol. The summed E-state index contributed by atoms with van der Waals surface area (Å²) in [7, 11) is 0. The zero-order chi connectivity index (χ0) is 15.6. The summed E-state index contributed by atoms with van der Waals surface area (Å²) in [5.74, 6) is -1.57. The van der Waals surface area contributed by atoms with Crippen molar-refractivity contribution in [2.75, 3.05) is 5.32 Å². The van der Waals surface area contributed by atoms with Crippen molar-refractivity contribution in [2.24, 2.45) is 0 Å². The van der Waals surface area contributed by atoms with E-state index in [-0.39, 0.29) is 21.3 Å². The van der Waals surface area contributed by atoms with Crippen molar-refractivity contribution in [1.82, 2.24) is 0 Å². The quantitative estimate of drug-likeness (QED) is 0.674. The van der Waals surface area contributed by atoms with Crippen LogP contribution in [-0.4, -0.2) is 10.8 Å². The standard InChI is InChI=1S/C13H7Cl2FN2O3/c14-7-4-5-10(16)11(6-7)17-13(19)8-2-1-3-9(15)12(8)18(20)21/h1-6H,(H,17,19). The smallest absolute Gasteiger partial charge is 0.300 e. The summed E-state index contributed by atoms with van der Waals surface area (Å²) in [6, 6.07) is 7.49. The third-order valence-corrected chi connectivity index (χ3v) is 3.13. The van der Waals surface area contributed by atoms with Crippen LogP contribution in [0.15, 0.2) is 36.4 Å². The lowest BCUT2D eigenvalue weighted by Crippen LogP contribution is -2.15. The molecular weight excluding hydrogens is 322 g/mol. The number of halogens is 3. The van der Waals surface area contributed by atoms with Crippen LogP contribution in [0.2, 0.25) is 10.0 Å². The number of carbonyl (C=O) groups excluding carboxylic acids is 1. The van der Waals surface area contributed by atoms with Crippen LogP contribution in [0, 0.1) is 15.9 Å². The van der Waals surface area contributed by atoms with Crippen molar-refractivity contribution in [2.45, 2.75) is 0 Å². The SMILES string of the molecule is O=C(Nc1cc(Cl)ccc1F)c1cccc(Cl)c1[N+](=O)[O-]. The average Bonchev–Trinajstić information content (AvgIpc) is 2.42. The van der Waals surface area contributed by atoms with E-state index in [4.69, 9.17) is 23.2 Å². The van der Waals surface area contributed by atoms with Gasteiger partial charge in [0, 0.05) is 5.02 Å². The molecule has 1 N–H and O–H groups in total. The van der Waals surface area contributed by atoms with E-state index in [0.717, 1.165) is 6.07 Å². The van der Waals surface area contributed by atoms with Gasteiger partial charge in [-0.15, -0.1) is 0 Å². The zero-order valence-electron chi connectivity index (χ0n) is 10.3. The largest absolute Gasteiger partial charge is 0.319 e. The molecule has 108 valence electrons. The molecule has 5 nitrogen and oxygen atoms in total. The number of nitro groups is 1. The van der Waals surface area contributed by atoms with Crippen molar-refractivity contribution in [3.63, 3.8) is 0 Å². The molecule has 0 saturated heterocycles. The summed E-state index contributed by atoms with van der Waals surface area (Å²) in [6.07, 6.45) is 0. The van der Waals surface area contributed by atoms with Crippen LogP contribution in [0.4, 0.5) is 15.8 Å². The van der Waals surface area contributed by atoms with Gasteiger partial charge in [-0.25, -0.2) is 4.39 Å². The maximum atomic E-state index is 13.6. The number of nitro benzene ring substituents is 1. The van der Waals surface area contributed by atoms with Gasteiger partial charge in [0.05, 0.1) is 10.6 Å². The molecule has 0 unspecified atom stereocenters. The first-order chi connectivity index (χ1) is 9.90. The number of hydrogen-bond donors (Lipinski definition) is 1. The summed E-state index contributed by atoms with van der Waals surface area (Å²) in [4.78, 5) is 22.3. The Hall–Kier alpha value is -2.18. The van der Waals surface area contributed by atoms with Crippen molar-refractivity contribution in [1.29, 1.82) is 0 Å². The molecule has 0 heterocycles. The van der Waals surface area contributed by atoms with Crippen LogP contribution in [0.1, 0.15) is 10.4 Å². The van der Waals surface area contributed by atoms with Gasteiger partial charge in [0.1, 0.15) is 16.4 Å². The first-order valence-electron chi connectivity index (χ1n) is 5.59. The summed E-state index contributed by atoms with van der Waals surface area (Å²) in [6.45, 7) is 0. The number of anilines is 1. The van der Waals surface area contributed by atoms with Gasteiger partial charge in [-0.05, 0) is 30.3 Å². The van der Waals surface area contributed by atoms with Gasteiger partial charge in [-0.3, -0.25) is 14.9 Å². The lowest BCUT2D eigenvalue weighted by atomic mass is 10.1. The van der Waals surface area contributed by atoms with Crippen molar-refractivity contribution in [3.8, 4) is 0 Å². The number of amides is 1. The van der Waals surface area contributed by atoms with E-state index < -0.39 is 22.3 Å². The minimum absolute atomic E-state index is 0.179. The Labute approximate surface area is 128 Å². The molecule has 0 aromatic heterocycles. The first-order valence-corrected chi connectivity index (χ1v) is 6.35. The topological polar surface area (TPSA) is 72.2 Å². The van der Waals surface area contributed by atoms with Crippen molar-refractivity contribution < 1.29 is 14.1 Å². The maximum absolute atomic E-state index is 13.6. The van der Waals surface area contributed by atoms with Crippen LogP contribution in [-0.2, 0) is 0 Å². The molecule has 0 saturated carbocycles. The Morgan fingerprint density at radius 3 is 2.62 bits per heavy atom. The van der Waals surface area contributed by atoms with E-state index in [1.807, 2.05) is 0 Å². The summed E-state index contributed by atoms with van der Waals surface area (Å²) in [5, 5.41) is 13.2. The monoisotopic (exact) mass is 328 g/mol. The number of nitrogens with zero attached hydrogens (tertiary/aromatic N) is 1. The zero-order valence-corrected chi connectivity index (χ0v) is 11.8. The lowest BCUT2D eigenvalue weighted by Gasteiger charge is -2.08. The number of nitrogens with one attached hydrogen (secondary N) is 1. The van der Waals surface area contributed by atoms with Crippen LogP contribution in [0.3, 0.4) is 0 Å². The number of hydrogen-bond acceptors (Lipinski definition) is 3. The Morgan fingerprint density at radius 1 is 1.24 bits per heavy atom. The molecule has 2 rings (SSSR count). The third kappa shape index (κ3) is 3.29. The van der Waals surface area contributed by atoms with E-state index in [0.29, 0.717) is 0 Å². The van der Waals surface area contributed by atoms with Gasteiger partial charge in [-0.2, -0.15) is 0 Å². The second kappa shape index (κ2) is 6.07. The molecule has 2 aromatic carbocycles. The Morgan fingerprint density at radius 2 is 1.95 bits per heavy atom. The number of para-hydroxylation sites is 1. The molecule has 0 aliphatic carbocycles. The third-order valence-electron chi connectivity index (χ3n) is 2.59. The van der Waals surface area contributed by atoms with Crippen molar-refractivity contribution >= 4 is 40.5 Å². The summed E-state index contributed by atoms with van der Waals surface area (Å²) in [5.41, 5.74) is -0.993. The van der Waals surface area contributed by atoms with Crippen LogP contribution < -0.4 is 5.32 Å². The molecule has 0 aliphatic heterocycles. The second-order valence-corrected chi connectivity index (χ2v) is 4.82. The van der Waals surface area contributed by atoms with Gasteiger partial charge >= 0.3 is 5.69 Å². The molecule has 21 heavy (non-hydrogen) atoms. The minimum atomic E-state index is -0.856. The first kappa shape index (κ1) is 15.2. The molecule has 8 heteroatoms. The van der Waals surface area contributed by atoms with Gasteiger partial charge in [-0.1, -0.05) is 29.3 Å². The molecule has 0 aliphatic rings. The Balaban J connectivity index is 2.40. The number of rotatable bonds is 3. The highest BCUT2D eigenvalue weighted by atomic mass is 35.5. The molecule has 2 aromatic rings. The van der Waals surface area contributed by atoms with Crippen molar-refractivity contribution in [3.05, 3.63) is 67.9 Å². The van der Waals surface area contributed by atoms with Gasteiger partial charge < -0.3 is 5.32 Å².